The van der Waals surface area contributed by atoms with Gasteiger partial charge in [-0.25, -0.2) is 0 Å². The van der Waals surface area contributed by atoms with Crippen LogP contribution in [0.15, 0.2) is 66.7 Å². The molecule has 7 nitrogen and oxygen atoms in total. The third kappa shape index (κ3) is 7.54. The number of likely N-dealkylation sites (tertiary alicyclic amines) is 1. The van der Waals surface area contributed by atoms with Gasteiger partial charge in [0.1, 0.15) is 6.54 Å². The Morgan fingerprint density at radius 2 is 1.60 bits per heavy atom. The fraction of sp³-hybridized carbons (Fsp3) is 0.323. The van der Waals surface area contributed by atoms with E-state index >= 15 is 0 Å². The molecule has 0 saturated carbocycles. The number of nitriles is 1. The second-order valence-corrected chi connectivity index (χ2v) is 10.8. The molecule has 2 amide bonds. The molecular formula is C31H33Cl2N5O2. The fourth-order valence-corrected chi connectivity index (χ4v) is 5.25. The van der Waals surface area contributed by atoms with Crippen molar-refractivity contribution in [2.45, 2.75) is 25.8 Å². The van der Waals surface area contributed by atoms with Crippen molar-refractivity contribution >= 4 is 46.4 Å². The minimum atomic E-state index is -0.153. The molecule has 0 bridgehead atoms. The van der Waals surface area contributed by atoms with Gasteiger partial charge in [-0.2, -0.15) is 5.26 Å². The van der Waals surface area contributed by atoms with E-state index in [1.165, 1.54) is 6.92 Å². The van der Waals surface area contributed by atoms with Crippen LogP contribution in [0.3, 0.4) is 0 Å². The molecule has 9 heteroatoms. The summed E-state index contributed by atoms with van der Waals surface area (Å²) >= 11 is 12.3. The average molecular weight is 579 g/mol. The monoisotopic (exact) mass is 577 g/mol. The van der Waals surface area contributed by atoms with Crippen LogP contribution in [0, 0.1) is 11.3 Å². The zero-order valence-corrected chi connectivity index (χ0v) is 24.3. The van der Waals surface area contributed by atoms with Crippen LogP contribution in [0.2, 0.25) is 10.0 Å². The minimum absolute atomic E-state index is 0.0389. The van der Waals surface area contributed by atoms with Crippen LogP contribution in [0.1, 0.15) is 31.4 Å². The summed E-state index contributed by atoms with van der Waals surface area (Å²) in [4.78, 5) is 30.8. The van der Waals surface area contributed by atoms with Crippen molar-refractivity contribution in [1.29, 1.82) is 5.26 Å². The number of carbonyl (C=O) groups excluding carboxylic acids is 2. The Morgan fingerprint density at radius 3 is 2.17 bits per heavy atom. The first-order valence-corrected chi connectivity index (χ1v) is 14.0. The molecule has 1 unspecified atom stereocenters. The second-order valence-electron chi connectivity index (χ2n) is 10.0. The first-order valence-electron chi connectivity index (χ1n) is 13.3. The highest BCUT2D eigenvalue weighted by Crippen LogP contribution is 2.29. The van der Waals surface area contributed by atoms with E-state index in [9.17, 15) is 14.9 Å². The Balaban J connectivity index is 1.54. The van der Waals surface area contributed by atoms with Gasteiger partial charge in [-0.1, -0.05) is 59.6 Å². The molecule has 40 heavy (non-hydrogen) atoms. The molecule has 0 aliphatic carbocycles. The number of carbonyl (C=O) groups is 2. The first kappa shape index (κ1) is 29.4. The highest BCUT2D eigenvalue weighted by Gasteiger charge is 2.27. The molecular weight excluding hydrogens is 545 g/mol. The highest BCUT2D eigenvalue weighted by atomic mass is 35.5. The van der Waals surface area contributed by atoms with Gasteiger partial charge in [0.15, 0.2) is 0 Å². The molecule has 1 aliphatic rings. The lowest BCUT2D eigenvalue weighted by Gasteiger charge is -2.34. The topological polar surface area (TPSA) is 79.7 Å². The predicted octanol–water partition coefficient (Wildman–Crippen LogP) is 6.24. The van der Waals surface area contributed by atoms with E-state index in [4.69, 9.17) is 23.2 Å². The zero-order valence-electron chi connectivity index (χ0n) is 22.7. The van der Waals surface area contributed by atoms with Gasteiger partial charge < -0.3 is 20.0 Å². The Labute approximate surface area is 245 Å². The summed E-state index contributed by atoms with van der Waals surface area (Å²) in [6, 6.07) is 23.1. The van der Waals surface area contributed by atoms with Gasteiger partial charge in [0.2, 0.25) is 11.8 Å². The van der Waals surface area contributed by atoms with E-state index in [1.807, 2.05) is 31.3 Å². The van der Waals surface area contributed by atoms with Crippen LogP contribution in [0.4, 0.5) is 11.4 Å². The summed E-state index contributed by atoms with van der Waals surface area (Å²) in [5, 5.41) is 13.0. The molecule has 0 aromatic heterocycles. The van der Waals surface area contributed by atoms with Crippen molar-refractivity contribution in [1.82, 2.24) is 9.80 Å². The second kappa shape index (κ2) is 13.7. The number of nitrogens with zero attached hydrogens (tertiary/aromatic N) is 4. The van der Waals surface area contributed by atoms with Crippen LogP contribution in [0.5, 0.6) is 0 Å². The quantitative estimate of drug-likeness (QED) is 0.288. The summed E-state index contributed by atoms with van der Waals surface area (Å²) in [5.74, 6) is -0.198. The van der Waals surface area contributed by atoms with E-state index in [0.29, 0.717) is 15.7 Å². The Morgan fingerprint density at radius 1 is 0.975 bits per heavy atom. The van der Waals surface area contributed by atoms with Gasteiger partial charge in [-0.05, 0) is 73.0 Å². The first-order chi connectivity index (χ1) is 19.2. The van der Waals surface area contributed by atoms with Gasteiger partial charge >= 0.3 is 0 Å². The van der Waals surface area contributed by atoms with Gasteiger partial charge in [0.05, 0.1) is 28.7 Å². The normalized spacial score (nSPS) is 13.9. The number of nitrogens with one attached hydrogen (secondary N) is 1. The number of halogens is 2. The molecule has 3 aromatic rings. The van der Waals surface area contributed by atoms with Crippen LogP contribution >= 0.6 is 23.2 Å². The van der Waals surface area contributed by atoms with Gasteiger partial charge in [0.25, 0.3) is 0 Å². The molecule has 1 N–H and O–H groups in total. The highest BCUT2D eigenvalue weighted by molar-refractivity contribution is 6.42. The lowest BCUT2D eigenvalue weighted by molar-refractivity contribution is -0.131. The minimum Gasteiger partial charge on any atom is -0.349 e. The van der Waals surface area contributed by atoms with Crippen LogP contribution in [0.25, 0.3) is 11.1 Å². The van der Waals surface area contributed by atoms with Crippen molar-refractivity contribution in [3.05, 3.63) is 82.3 Å². The predicted molar refractivity (Wildman–Crippen MR) is 162 cm³/mol. The Kier molecular flexibility index (Phi) is 10.1. The summed E-state index contributed by atoms with van der Waals surface area (Å²) in [6.07, 6.45) is 2.32. The van der Waals surface area contributed by atoms with Crippen LogP contribution in [-0.4, -0.2) is 61.4 Å². The summed E-state index contributed by atoms with van der Waals surface area (Å²) < 4.78 is 0. The molecule has 1 saturated heterocycles. The number of hydrogen-bond donors (Lipinski definition) is 1. The van der Waals surface area contributed by atoms with Crippen LogP contribution < -0.4 is 10.2 Å². The fourth-order valence-electron chi connectivity index (χ4n) is 4.96. The van der Waals surface area contributed by atoms with Gasteiger partial charge in [-0.15, -0.1) is 0 Å². The third-order valence-electron chi connectivity index (χ3n) is 7.18. The summed E-state index contributed by atoms with van der Waals surface area (Å²) in [7, 11) is 1.83. The maximum atomic E-state index is 13.6. The molecule has 0 radical (unpaired) electrons. The lowest BCUT2D eigenvalue weighted by atomic mass is 9.99. The van der Waals surface area contributed by atoms with Crippen molar-refractivity contribution in [3.8, 4) is 17.2 Å². The maximum absolute atomic E-state index is 13.6. The van der Waals surface area contributed by atoms with Crippen molar-refractivity contribution in [3.63, 3.8) is 0 Å². The van der Waals surface area contributed by atoms with Gasteiger partial charge in [-0.3, -0.25) is 9.59 Å². The number of amides is 2. The molecule has 208 valence electrons. The molecule has 0 spiro atoms. The summed E-state index contributed by atoms with van der Waals surface area (Å²) in [6.45, 7) is 4.34. The number of anilines is 2. The molecule has 1 fully saturated rings. The lowest BCUT2D eigenvalue weighted by Crippen LogP contribution is -2.43. The molecule has 3 aromatic carbocycles. The Hall–Kier alpha value is -3.57. The molecule has 4 rings (SSSR count). The number of benzene rings is 3. The van der Waals surface area contributed by atoms with Gasteiger partial charge in [0, 0.05) is 31.9 Å². The van der Waals surface area contributed by atoms with Crippen molar-refractivity contribution in [2.75, 3.05) is 50.0 Å². The number of likely N-dealkylation sites (N-methyl/N-ethyl adjacent to an activating group) is 1. The van der Waals surface area contributed by atoms with Crippen LogP contribution in [-0.2, 0) is 9.59 Å². The summed E-state index contributed by atoms with van der Waals surface area (Å²) in [5.41, 5.74) is 4.55. The largest absolute Gasteiger partial charge is 0.349 e. The third-order valence-corrected chi connectivity index (χ3v) is 7.92. The van der Waals surface area contributed by atoms with E-state index in [0.717, 1.165) is 54.9 Å². The molecule has 1 atom stereocenters. The zero-order chi connectivity index (χ0) is 28.6. The van der Waals surface area contributed by atoms with Crippen molar-refractivity contribution in [2.24, 2.45) is 0 Å². The Bertz CT molecular complexity index is 1370. The molecule has 1 aliphatic heterocycles. The van der Waals surface area contributed by atoms with E-state index in [1.54, 1.807) is 28.0 Å². The number of rotatable bonds is 10. The average Bonchev–Trinajstić information content (AvgIpc) is 3.46. The van der Waals surface area contributed by atoms with E-state index in [2.05, 4.69) is 40.6 Å². The number of hydrogen-bond acceptors (Lipinski definition) is 5. The van der Waals surface area contributed by atoms with E-state index in [-0.39, 0.29) is 30.9 Å². The maximum Gasteiger partial charge on any atom is 0.242 e. The van der Waals surface area contributed by atoms with Crippen molar-refractivity contribution < 1.29 is 9.59 Å². The molecule has 1 heterocycles. The van der Waals surface area contributed by atoms with E-state index < -0.39 is 0 Å². The smallest absolute Gasteiger partial charge is 0.242 e. The standard InChI is InChI=1S/C31H33Cl2N5O2/c1-22(39)35-26-11-9-24(10-12-26)23-5-7-25(8-6-23)30(20-37-16-3-4-17-37)36(2)31(40)21-38(18-15-34)27-13-14-28(32)29(33)19-27/h5-14,19,30H,3-4,16-18,20-21H2,1-2H3,(H,35,39). The SMILES string of the molecule is CC(=O)Nc1ccc(-c2ccc(C(CN3CCCC3)N(C)C(=O)CN(CC#N)c3ccc(Cl)c(Cl)c3)cc2)cc1.